The summed E-state index contributed by atoms with van der Waals surface area (Å²) in [4.78, 5) is 12.1. The molecule has 2 rings (SSSR count). The van der Waals surface area contributed by atoms with Crippen molar-refractivity contribution >= 4 is 17.3 Å². The van der Waals surface area contributed by atoms with Crippen LogP contribution in [0, 0.1) is 0 Å². The third-order valence-electron chi connectivity index (χ3n) is 2.42. The lowest BCUT2D eigenvalue weighted by Crippen LogP contribution is -2.12. The van der Waals surface area contributed by atoms with Gasteiger partial charge in [0.1, 0.15) is 4.88 Å². The first-order chi connectivity index (χ1) is 7.36. The molecule has 15 heavy (non-hydrogen) atoms. The molecule has 0 radical (unpaired) electrons. The third kappa shape index (κ3) is 3.04. The summed E-state index contributed by atoms with van der Waals surface area (Å²) in [6, 6.07) is 3.63. The van der Waals surface area contributed by atoms with Gasteiger partial charge in [-0.25, -0.2) is 4.79 Å². The van der Waals surface area contributed by atoms with Crippen LogP contribution in [0.2, 0.25) is 0 Å². The van der Waals surface area contributed by atoms with E-state index in [4.69, 9.17) is 9.47 Å². The van der Waals surface area contributed by atoms with E-state index in [9.17, 15) is 4.79 Å². The summed E-state index contributed by atoms with van der Waals surface area (Å²) < 4.78 is 10.6. The van der Waals surface area contributed by atoms with Gasteiger partial charge in [0, 0.05) is 13.0 Å². The lowest BCUT2D eigenvalue weighted by atomic mass is 10.2. The zero-order valence-electron chi connectivity index (χ0n) is 8.48. The molecule has 0 bridgehead atoms. The Balaban J connectivity index is 1.67. The first-order valence-corrected chi connectivity index (χ1v) is 6.06. The zero-order chi connectivity index (χ0) is 10.5. The number of carbonyl (C=O) groups is 1. The van der Waals surface area contributed by atoms with Gasteiger partial charge in [0.2, 0.25) is 0 Å². The second-order valence-electron chi connectivity index (χ2n) is 3.54. The molecule has 0 unspecified atom stereocenters. The van der Waals surface area contributed by atoms with Gasteiger partial charge in [-0.15, -0.1) is 11.3 Å². The summed E-state index contributed by atoms with van der Waals surface area (Å²) >= 11 is 1.41. The van der Waals surface area contributed by atoms with E-state index in [1.54, 1.807) is 6.07 Å². The fraction of sp³-hybridized carbons (Fsp3) is 0.545. The van der Waals surface area contributed by atoms with Gasteiger partial charge in [-0.3, -0.25) is 0 Å². The Hall–Kier alpha value is -0.870. The van der Waals surface area contributed by atoms with Crippen molar-refractivity contribution in [1.29, 1.82) is 0 Å². The topological polar surface area (TPSA) is 35.5 Å². The van der Waals surface area contributed by atoms with E-state index in [0.29, 0.717) is 17.6 Å². The predicted molar refractivity (Wildman–Crippen MR) is 58.2 cm³/mol. The highest BCUT2D eigenvalue weighted by molar-refractivity contribution is 7.11. The van der Waals surface area contributed by atoms with Gasteiger partial charge in [-0.05, 0) is 24.3 Å². The van der Waals surface area contributed by atoms with Crippen LogP contribution >= 0.6 is 11.3 Å². The van der Waals surface area contributed by atoms with Crippen molar-refractivity contribution in [2.45, 2.75) is 25.4 Å². The lowest BCUT2D eigenvalue weighted by molar-refractivity contribution is 0.0391. The quantitative estimate of drug-likeness (QED) is 0.740. The fourth-order valence-corrected chi connectivity index (χ4v) is 2.24. The molecule has 1 aromatic rings. The molecule has 1 atom stereocenters. The first-order valence-electron chi connectivity index (χ1n) is 5.18. The number of esters is 1. The van der Waals surface area contributed by atoms with Gasteiger partial charge >= 0.3 is 5.97 Å². The van der Waals surface area contributed by atoms with Crippen LogP contribution in [-0.4, -0.2) is 25.3 Å². The minimum atomic E-state index is -0.219. The summed E-state index contributed by atoms with van der Waals surface area (Å²) in [6.07, 6.45) is 3.33. The maximum atomic E-state index is 11.4. The van der Waals surface area contributed by atoms with Crippen molar-refractivity contribution in [3.8, 4) is 0 Å². The van der Waals surface area contributed by atoms with E-state index in [1.165, 1.54) is 11.3 Å². The van der Waals surface area contributed by atoms with Crippen LogP contribution in [0.4, 0.5) is 0 Å². The molecule has 1 aromatic heterocycles. The number of rotatable bonds is 4. The smallest absolute Gasteiger partial charge is 0.348 e. The Kier molecular flexibility index (Phi) is 3.75. The van der Waals surface area contributed by atoms with Crippen molar-refractivity contribution < 1.29 is 14.3 Å². The highest BCUT2D eigenvalue weighted by Crippen LogP contribution is 2.16. The Bertz CT molecular complexity index is 302. The molecule has 0 N–H and O–H groups in total. The van der Waals surface area contributed by atoms with E-state index in [0.717, 1.165) is 25.9 Å². The van der Waals surface area contributed by atoms with Crippen LogP contribution in [0.3, 0.4) is 0 Å². The standard InChI is InChI=1S/C11H14O3S/c12-11(10-4-2-8-15-10)14-7-5-9-3-1-6-13-9/h2,4,8-9H,1,3,5-7H2/t9-/m0/s1. The molecule has 4 heteroatoms. The Morgan fingerprint density at radius 1 is 1.67 bits per heavy atom. The average Bonchev–Trinajstić information content (AvgIpc) is 2.90. The zero-order valence-corrected chi connectivity index (χ0v) is 9.29. The molecule has 2 heterocycles. The molecule has 82 valence electrons. The van der Waals surface area contributed by atoms with Gasteiger partial charge in [-0.2, -0.15) is 0 Å². The summed E-state index contributed by atoms with van der Waals surface area (Å²) in [7, 11) is 0. The highest BCUT2D eigenvalue weighted by Gasteiger charge is 2.16. The molecule has 0 amide bonds. The van der Waals surface area contributed by atoms with Crippen LogP contribution in [-0.2, 0) is 9.47 Å². The molecule has 1 aliphatic rings. The Morgan fingerprint density at radius 2 is 2.60 bits per heavy atom. The van der Waals surface area contributed by atoms with Crippen LogP contribution in [0.1, 0.15) is 28.9 Å². The second kappa shape index (κ2) is 5.28. The van der Waals surface area contributed by atoms with Crippen LogP contribution in [0.15, 0.2) is 17.5 Å². The average molecular weight is 226 g/mol. The van der Waals surface area contributed by atoms with Crippen LogP contribution < -0.4 is 0 Å². The summed E-state index contributed by atoms with van der Waals surface area (Å²) in [5, 5.41) is 1.87. The molecule has 1 aliphatic heterocycles. The minimum absolute atomic E-state index is 0.219. The molecule has 1 fully saturated rings. The van der Waals surface area contributed by atoms with Crippen LogP contribution in [0.5, 0.6) is 0 Å². The Labute approximate surface area is 93.0 Å². The van der Waals surface area contributed by atoms with E-state index >= 15 is 0 Å². The van der Waals surface area contributed by atoms with E-state index in [2.05, 4.69) is 0 Å². The van der Waals surface area contributed by atoms with Gasteiger partial charge in [0.05, 0.1) is 12.7 Å². The molecule has 0 aromatic carbocycles. The van der Waals surface area contributed by atoms with Crippen molar-refractivity contribution in [1.82, 2.24) is 0 Å². The molecular weight excluding hydrogens is 212 g/mol. The SMILES string of the molecule is O=C(OCC[C@@H]1CCCO1)c1cccs1. The second-order valence-corrected chi connectivity index (χ2v) is 4.48. The molecule has 0 spiro atoms. The minimum Gasteiger partial charge on any atom is -0.461 e. The highest BCUT2D eigenvalue weighted by atomic mass is 32.1. The molecule has 1 saturated heterocycles. The third-order valence-corrected chi connectivity index (χ3v) is 3.27. The van der Waals surface area contributed by atoms with Crippen LogP contribution in [0.25, 0.3) is 0 Å². The number of ether oxygens (including phenoxy) is 2. The predicted octanol–water partition coefficient (Wildman–Crippen LogP) is 2.47. The van der Waals surface area contributed by atoms with Gasteiger partial charge < -0.3 is 9.47 Å². The molecule has 0 aliphatic carbocycles. The number of hydrogen-bond donors (Lipinski definition) is 0. The maximum Gasteiger partial charge on any atom is 0.348 e. The number of carbonyl (C=O) groups excluding carboxylic acids is 1. The van der Waals surface area contributed by atoms with E-state index in [1.807, 2.05) is 11.4 Å². The van der Waals surface area contributed by atoms with E-state index in [-0.39, 0.29) is 5.97 Å². The fourth-order valence-electron chi connectivity index (χ4n) is 1.62. The van der Waals surface area contributed by atoms with E-state index < -0.39 is 0 Å². The maximum absolute atomic E-state index is 11.4. The monoisotopic (exact) mass is 226 g/mol. The van der Waals surface area contributed by atoms with Crippen molar-refractivity contribution in [2.24, 2.45) is 0 Å². The van der Waals surface area contributed by atoms with Crippen molar-refractivity contribution in [3.05, 3.63) is 22.4 Å². The van der Waals surface area contributed by atoms with Gasteiger partial charge in [0.15, 0.2) is 0 Å². The van der Waals surface area contributed by atoms with Gasteiger partial charge in [0.25, 0.3) is 0 Å². The summed E-state index contributed by atoms with van der Waals surface area (Å²) in [6.45, 7) is 1.31. The number of thiophene rings is 1. The van der Waals surface area contributed by atoms with Crippen molar-refractivity contribution in [2.75, 3.05) is 13.2 Å². The normalized spacial score (nSPS) is 20.4. The lowest BCUT2D eigenvalue weighted by Gasteiger charge is -2.08. The molecular formula is C11H14O3S. The summed E-state index contributed by atoms with van der Waals surface area (Å²) in [5.74, 6) is -0.219. The van der Waals surface area contributed by atoms with Crippen molar-refractivity contribution in [3.63, 3.8) is 0 Å². The first kappa shape index (κ1) is 10.6. The summed E-state index contributed by atoms with van der Waals surface area (Å²) in [5.41, 5.74) is 0. The molecule has 0 saturated carbocycles. The Morgan fingerprint density at radius 3 is 3.27 bits per heavy atom. The largest absolute Gasteiger partial charge is 0.461 e. The van der Waals surface area contributed by atoms with Gasteiger partial charge in [-0.1, -0.05) is 6.07 Å². The molecule has 3 nitrogen and oxygen atoms in total. The number of hydrogen-bond acceptors (Lipinski definition) is 4.